The standard InChI is InChI=1S/C10H13N3O4S/c1-5-6(8(14)15)7(18-13-5)12-9(16)10(11)2-3-17-4-10/h2-4,11H2,1H3,(H,12,16)(H,14,15). The van der Waals surface area contributed by atoms with Crippen molar-refractivity contribution in [1.82, 2.24) is 4.37 Å². The summed E-state index contributed by atoms with van der Waals surface area (Å²) in [5.41, 5.74) is 5.18. The molecule has 1 unspecified atom stereocenters. The summed E-state index contributed by atoms with van der Waals surface area (Å²) in [6, 6.07) is 0. The van der Waals surface area contributed by atoms with E-state index in [2.05, 4.69) is 9.69 Å². The molecule has 2 heterocycles. The second-order valence-corrected chi connectivity index (χ2v) is 4.96. The third kappa shape index (κ3) is 2.22. The quantitative estimate of drug-likeness (QED) is 0.723. The first kappa shape index (κ1) is 12.9. The predicted molar refractivity (Wildman–Crippen MR) is 64.8 cm³/mol. The van der Waals surface area contributed by atoms with Gasteiger partial charge >= 0.3 is 5.97 Å². The van der Waals surface area contributed by atoms with Gasteiger partial charge in [0, 0.05) is 6.61 Å². The van der Waals surface area contributed by atoms with Gasteiger partial charge in [0.05, 0.1) is 12.3 Å². The van der Waals surface area contributed by atoms with E-state index in [9.17, 15) is 9.59 Å². The number of nitrogens with zero attached hydrogens (tertiary/aromatic N) is 1. The van der Waals surface area contributed by atoms with Crippen molar-refractivity contribution in [3.8, 4) is 0 Å². The van der Waals surface area contributed by atoms with Crippen molar-refractivity contribution in [2.75, 3.05) is 18.5 Å². The molecule has 0 aliphatic carbocycles. The lowest BCUT2D eigenvalue weighted by atomic mass is 9.99. The zero-order chi connectivity index (χ0) is 13.3. The molecule has 1 aliphatic rings. The van der Waals surface area contributed by atoms with Gasteiger partial charge in [-0.15, -0.1) is 0 Å². The highest BCUT2D eigenvalue weighted by atomic mass is 32.1. The SMILES string of the molecule is Cc1nsc(NC(=O)C2(N)CCOC2)c1C(=O)O. The van der Waals surface area contributed by atoms with Gasteiger partial charge < -0.3 is 20.9 Å². The monoisotopic (exact) mass is 271 g/mol. The first-order valence-electron chi connectivity index (χ1n) is 5.32. The summed E-state index contributed by atoms with van der Waals surface area (Å²) in [6.07, 6.45) is 0.416. The summed E-state index contributed by atoms with van der Waals surface area (Å²) >= 11 is 0.931. The Morgan fingerprint density at radius 3 is 2.89 bits per heavy atom. The van der Waals surface area contributed by atoms with E-state index < -0.39 is 17.4 Å². The summed E-state index contributed by atoms with van der Waals surface area (Å²) in [4.78, 5) is 23.0. The molecule has 0 bridgehead atoms. The molecule has 98 valence electrons. The van der Waals surface area contributed by atoms with Crippen LogP contribution in [0.25, 0.3) is 0 Å². The van der Waals surface area contributed by atoms with Crippen molar-refractivity contribution < 1.29 is 19.4 Å². The summed E-state index contributed by atoms with van der Waals surface area (Å²) in [5.74, 6) is -1.56. The number of amides is 1. The minimum atomic E-state index is -1.12. The molecule has 2 rings (SSSR count). The number of carboxylic acid groups (broad SMARTS) is 1. The van der Waals surface area contributed by atoms with E-state index in [0.717, 1.165) is 11.5 Å². The van der Waals surface area contributed by atoms with Gasteiger partial charge in [0.1, 0.15) is 16.1 Å². The lowest BCUT2D eigenvalue weighted by Crippen LogP contribution is -2.51. The van der Waals surface area contributed by atoms with Crippen LogP contribution in [-0.4, -0.2) is 40.1 Å². The third-order valence-electron chi connectivity index (χ3n) is 2.81. The molecule has 0 radical (unpaired) electrons. The van der Waals surface area contributed by atoms with Gasteiger partial charge in [-0.05, 0) is 24.9 Å². The van der Waals surface area contributed by atoms with E-state index in [4.69, 9.17) is 15.6 Å². The van der Waals surface area contributed by atoms with Crippen LogP contribution in [0.5, 0.6) is 0 Å². The summed E-state index contributed by atoms with van der Waals surface area (Å²) in [7, 11) is 0. The fraction of sp³-hybridized carbons (Fsp3) is 0.500. The summed E-state index contributed by atoms with van der Waals surface area (Å²) in [5, 5.41) is 11.8. The number of nitrogens with one attached hydrogen (secondary N) is 1. The van der Waals surface area contributed by atoms with Crippen LogP contribution in [0.1, 0.15) is 22.5 Å². The molecule has 0 aromatic carbocycles. The number of anilines is 1. The van der Waals surface area contributed by atoms with Crippen molar-refractivity contribution >= 4 is 28.4 Å². The highest BCUT2D eigenvalue weighted by Gasteiger charge is 2.39. The Morgan fingerprint density at radius 1 is 1.61 bits per heavy atom. The molecular weight excluding hydrogens is 258 g/mol. The fourth-order valence-electron chi connectivity index (χ4n) is 1.69. The fourth-order valence-corrected chi connectivity index (χ4v) is 2.48. The number of hydrogen-bond acceptors (Lipinski definition) is 6. The van der Waals surface area contributed by atoms with Gasteiger partial charge in [-0.1, -0.05) is 0 Å². The largest absolute Gasteiger partial charge is 0.478 e. The Morgan fingerprint density at radius 2 is 2.33 bits per heavy atom. The number of hydrogen-bond donors (Lipinski definition) is 3. The number of carbonyl (C=O) groups is 2. The second kappa shape index (κ2) is 4.63. The van der Waals surface area contributed by atoms with E-state index >= 15 is 0 Å². The van der Waals surface area contributed by atoms with Crippen LogP contribution >= 0.6 is 11.5 Å². The van der Waals surface area contributed by atoms with Gasteiger partial charge in [0.25, 0.3) is 0 Å². The molecule has 0 spiro atoms. The average molecular weight is 271 g/mol. The number of carbonyl (C=O) groups excluding carboxylic acids is 1. The van der Waals surface area contributed by atoms with E-state index in [1.165, 1.54) is 0 Å². The topological polar surface area (TPSA) is 115 Å². The summed E-state index contributed by atoms with van der Waals surface area (Å²) in [6.45, 7) is 2.14. The second-order valence-electron chi connectivity index (χ2n) is 4.19. The minimum Gasteiger partial charge on any atom is -0.478 e. The van der Waals surface area contributed by atoms with Crippen LogP contribution in [0.4, 0.5) is 5.00 Å². The normalized spacial score (nSPS) is 23.0. The van der Waals surface area contributed by atoms with Gasteiger partial charge in [-0.25, -0.2) is 4.79 Å². The van der Waals surface area contributed by atoms with Crippen molar-refractivity contribution in [1.29, 1.82) is 0 Å². The maximum absolute atomic E-state index is 12.0. The predicted octanol–water partition coefficient (Wildman–Crippen LogP) is 0.206. The van der Waals surface area contributed by atoms with Gasteiger partial charge in [0.15, 0.2) is 0 Å². The zero-order valence-corrected chi connectivity index (χ0v) is 10.5. The Bertz CT molecular complexity index is 493. The molecule has 1 aromatic heterocycles. The Kier molecular flexibility index (Phi) is 3.33. The minimum absolute atomic E-state index is 0.0101. The number of rotatable bonds is 3. The van der Waals surface area contributed by atoms with Gasteiger partial charge in [-0.3, -0.25) is 4.79 Å². The Balaban J connectivity index is 2.19. The highest BCUT2D eigenvalue weighted by molar-refractivity contribution is 7.11. The van der Waals surface area contributed by atoms with Crippen LogP contribution in [0.15, 0.2) is 0 Å². The molecule has 1 fully saturated rings. The summed E-state index contributed by atoms with van der Waals surface area (Å²) < 4.78 is 9.00. The van der Waals surface area contributed by atoms with Crippen LogP contribution in [0, 0.1) is 6.92 Å². The van der Waals surface area contributed by atoms with Crippen molar-refractivity contribution in [2.24, 2.45) is 5.73 Å². The zero-order valence-electron chi connectivity index (χ0n) is 9.73. The molecule has 1 saturated heterocycles. The lowest BCUT2D eigenvalue weighted by molar-refractivity contribution is -0.121. The van der Waals surface area contributed by atoms with Crippen LogP contribution in [0.3, 0.4) is 0 Å². The molecule has 1 aliphatic heterocycles. The molecule has 4 N–H and O–H groups in total. The van der Waals surface area contributed by atoms with Gasteiger partial charge in [-0.2, -0.15) is 4.37 Å². The van der Waals surface area contributed by atoms with E-state index in [0.29, 0.717) is 18.7 Å². The maximum atomic E-state index is 12.0. The number of aryl methyl sites for hydroxylation is 1. The number of ether oxygens (including phenoxy) is 1. The number of carboxylic acids is 1. The van der Waals surface area contributed by atoms with E-state index in [1.807, 2.05) is 0 Å². The van der Waals surface area contributed by atoms with Crippen molar-refractivity contribution in [3.63, 3.8) is 0 Å². The first-order chi connectivity index (χ1) is 8.44. The molecule has 1 atom stereocenters. The van der Waals surface area contributed by atoms with Crippen LogP contribution in [0.2, 0.25) is 0 Å². The molecular formula is C10H13N3O4S. The Hall–Kier alpha value is -1.51. The molecule has 7 nitrogen and oxygen atoms in total. The number of aromatic carboxylic acids is 1. The van der Waals surface area contributed by atoms with Gasteiger partial charge in [0.2, 0.25) is 5.91 Å². The molecule has 0 saturated carbocycles. The molecule has 1 aromatic rings. The van der Waals surface area contributed by atoms with E-state index in [1.54, 1.807) is 6.92 Å². The van der Waals surface area contributed by atoms with Crippen molar-refractivity contribution in [2.45, 2.75) is 18.9 Å². The molecule has 18 heavy (non-hydrogen) atoms. The number of nitrogens with two attached hydrogens (primary N) is 1. The molecule has 1 amide bonds. The average Bonchev–Trinajstić information content (AvgIpc) is 2.86. The number of aromatic nitrogens is 1. The van der Waals surface area contributed by atoms with Crippen LogP contribution in [-0.2, 0) is 9.53 Å². The van der Waals surface area contributed by atoms with Crippen LogP contribution < -0.4 is 11.1 Å². The maximum Gasteiger partial charge on any atom is 0.340 e. The Labute approximate surface area is 107 Å². The van der Waals surface area contributed by atoms with Crippen molar-refractivity contribution in [3.05, 3.63) is 11.3 Å². The lowest BCUT2D eigenvalue weighted by Gasteiger charge is -2.19. The third-order valence-corrected chi connectivity index (χ3v) is 3.66. The first-order valence-corrected chi connectivity index (χ1v) is 6.09. The molecule has 8 heteroatoms. The smallest absolute Gasteiger partial charge is 0.340 e. The van der Waals surface area contributed by atoms with E-state index in [-0.39, 0.29) is 17.2 Å². The highest BCUT2D eigenvalue weighted by Crippen LogP contribution is 2.26.